The van der Waals surface area contributed by atoms with Crippen molar-refractivity contribution in [2.75, 3.05) is 6.26 Å². The van der Waals surface area contributed by atoms with Gasteiger partial charge in [0.1, 0.15) is 0 Å². The molecular formula is C5H9OS. The molecule has 0 aliphatic rings. The molecule has 0 spiro atoms. The maximum Gasteiger partial charge on any atom is 0.199 e. The summed E-state index contributed by atoms with van der Waals surface area (Å²) in [5.41, 5.74) is 0. The summed E-state index contributed by atoms with van der Waals surface area (Å²) in [6.07, 6.45) is 4.39. The summed E-state index contributed by atoms with van der Waals surface area (Å²) in [5, 5.41) is 0.442. The third kappa shape index (κ3) is 3.86. The van der Waals surface area contributed by atoms with Gasteiger partial charge in [0.25, 0.3) is 0 Å². The van der Waals surface area contributed by atoms with E-state index in [-0.39, 0.29) is 0 Å². The van der Waals surface area contributed by atoms with Crippen molar-refractivity contribution in [1.29, 1.82) is 0 Å². The highest BCUT2D eigenvalue weighted by Gasteiger charge is 1.94. The van der Waals surface area contributed by atoms with E-state index in [1.165, 1.54) is 0 Å². The largest absolute Gasteiger partial charge is 0.291 e. The molecule has 1 unspecified atom stereocenters. The lowest BCUT2D eigenvalue weighted by molar-refractivity contribution is 0.551. The minimum Gasteiger partial charge on any atom is -0.291 e. The molecule has 1 radical (unpaired) electrons. The van der Waals surface area contributed by atoms with E-state index in [4.69, 9.17) is 0 Å². The van der Waals surface area contributed by atoms with E-state index in [9.17, 15) is 4.79 Å². The zero-order chi connectivity index (χ0) is 5.70. The van der Waals surface area contributed by atoms with Gasteiger partial charge in [0, 0.05) is 11.7 Å². The van der Waals surface area contributed by atoms with Crippen LogP contribution in [-0.4, -0.2) is 17.8 Å². The fraction of sp³-hybridized carbons (Fsp3) is 0.800. The number of rotatable bonds is 3. The van der Waals surface area contributed by atoms with Crippen LogP contribution in [0.25, 0.3) is 0 Å². The summed E-state index contributed by atoms with van der Waals surface area (Å²) in [6, 6.07) is 0. The second-order valence-corrected chi connectivity index (χ2v) is 2.67. The molecule has 0 aromatic rings. The molecule has 41 valence electrons. The molecule has 0 fully saturated rings. The number of hydrogen-bond donors (Lipinski definition) is 0. The molecule has 7 heavy (non-hydrogen) atoms. The van der Waals surface area contributed by atoms with Gasteiger partial charge in [-0.05, 0) is 6.26 Å². The van der Waals surface area contributed by atoms with Gasteiger partial charge in [0.2, 0.25) is 0 Å². The quantitative estimate of drug-likeness (QED) is 0.553. The Kier molecular flexibility index (Phi) is 4.20. The lowest BCUT2D eigenvalue weighted by Gasteiger charge is -1.97. The molecule has 2 heteroatoms. The lowest BCUT2D eigenvalue weighted by Crippen LogP contribution is -1.93. The van der Waals surface area contributed by atoms with Gasteiger partial charge in [0.05, 0.1) is 0 Å². The molecular weight excluding hydrogens is 108 g/mol. The number of thioether (sulfide) groups is 1. The Morgan fingerprint density at radius 2 is 2.43 bits per heavy atom. The molecule has 0 aromatic carbocycles. The zero-order valence-electron chi connectivity index (χ0n) is 4.60. The van der Waals surface area contributed by atoms with Crippen LogP contribution in [0.4, 0.5) is 0 Å². The van der Waals surface area contributed by atoms with Gasteiger partial charge in [-0.3, -0.25) is 4.79 Å². The smallest absolute Gasteiger partial charge is 0.199 e. The second-order valence-electron chi connectivity index (χ2n) is 1.39. The van der Waals surface area contributed by atoms with E-state index in [1.807, 2.05) is 19.5 Å². The molecule has 0 rings (SSSR count). The van der Waals surface area contributed by atoms with Gasteiger partial charge < -0.3 is 0 Å². The Hall–Kier alpha value is 0.0200. The summed E-state index contributed by atoms with van der Waals surface area (Å²) >= 11 is 1.69. The fourth-order valence-electron chi connectivity index (χ4n) is 0.201. The van der Waals surface area contributed by atoms with Gasteiger partial charge in [0.15, 0.2) is 6.29 Å². The molecule has 1 atom stereocenters. The summed E-state index contributed by atoms with van der Waals surface area (Å²) in [7, 11) is 0. The Morgan fingerprint density at radius 3 is 2.57 bits per heavy atom. The lowest BCUT2D eigenvalue weighted by atomic mass is 10.4. The SMILES string of the molecule is CSC(C)C[C]=O. The number of carbonyl (C=O) groups excluding carboxylic acids is 1. The van der Waals surface area contributed by atoms with Gasteiger partial charge >= 0.3 is 0 Å². The highest BCUT2D eigenvalue weighted by atomic mass is 32.2. The Labute approximate surface area is 48.5 Å². The summed E-state index contributed by atoms with van der Waals surface area (Å²) < 4.78 is 0. The standard InChI is InChI=1S/C5H9OS/c1-5(7-2)3-4-6/h5H,3H2,1-2H3. The minimum absolute atomic E-state index is 0.442. The van der Waals surface area contributed by atoms with Crippen molar-refractivity contribution in [2.24, 2.45) is 0 Å². The van der Waals surface area contributed by atoms with Crippen molar-refractivity contribution in [3.63, 3.8) is 0 Å². The van der Waals surface area contributed by atoms with Crippen molar-refractivity contribution in [3.05, 3.63) is 0 Å². The van der Waals surface area contributed by atoms with Crippen LogP contribution in [0.3, 0.4) is 0 Å². The van der Waals surface area contributed by atoms with Crippen molar-refractivity contribution >= 4 is 18.0 Å². The zero-order valence-corrected chi connectivity index (χ0v) is 5.42. The van der Waals surface area contributed by atoms with E-state index >= 15 is 0 Å². The summed E-state index contributed by atoms with van der Waals surface area (Å²) in [5.74, 6) is 0. The van der Waals surface area contributed by atoms with E-state index < -0.39 is 0 Å². The molecule has 1 nitrogen and oxygen atoms in total. The maximum absolute atomic E-state index is 9.64. The Morgan fingerprint density at radius 1 is 1.86 bits per heavy atom. The molecule has 0 aliphatic heterocycles. The molecule has 0 amide bonds. The molecule has 0 saturated heterocycles. The van der Waals surface area contributed by atoms with Crippen LogP contribution in [0.15, 0.2) is 0 Å². The highest BCUT2D eigenvalue weighted by Crippen LogP contribution is 2.06. The van der Waals surface area contributed by atoms with E-state index in [1.54, 1.807) is 11.8 Å². The van der Waals surface area contributed by atoms with Crippen LogP contribution in [0.5, 0.6) is 0 Å². The predicted octanol–water partition coefficient (Wildman–Crippen LogP) is 1.24. The van der Waals surface area contributed by atoms with Crippen LogP contribution < -0.4 is 0 Å². The second kappa shape index (κ2) is 4.19. The van der Waals surface area contributed by atoms with Crippen molar-refractivity contribution < 1.29 is 4.79 Å². The van der Waals surface area contributed by atoms with Gasteiger partial charge in [-0.25, -0.2) is 0 Å². The summed E-state index contributed by atoms with van der Waals surface area (Å²) in [4.78, 5) is 9.64. The normalized spacial score (nSPS) is 13.4. The topological polar surface area (TPSA) is 17.1 Å². The third-order valence-electron chi connectivity index (χ3n) is 0.773. The first-order valence-electron chi connectivity index (χ1n) is 2.19. The average Bonchev–Trinajstić information content (AvgIpc) is 1.68. The van der Waals surface area contributed by atoms with Crippen LogP contribution in [0.1, 0.15) is 13.3 Å². The molecule has 0 N–H and O–H groups in total. The van der Waals surface area contributed by atoms with Gasteiger partial charge in [-0.15, -0.1) is 0 Å². The average molecular weight is 117 g/mol. The molecule has 0 heterocycles. The minimum atomic E-state index is 0.442. The molecule has 0 aliphatic carbocycles. The van der Waals surface area contributed by atoms with Crippen molar-refractivity contribution in [1.82, 2.24) is 0 Å². The molecule has 0 saturated carbocycles. The fourth-order valence-corrected chi connectivity index (χ4v) is 0.435. The summed E-state index contributed by atoms with van der Waals surface area (Å²) in [6.45, 7) is 2.01. The van der Waals surface area contributed by atoms with Crippen LogP contribution in [-0.2, 0) is 4.79 Å². The highest BCUT2D eigenvalue weighted by molar-refractivity contribution is 7.99. The van der Waals surface area contributed by atoms with Gasteiger partial charge in [-0.2, -0.15) is 11.8 Å². The van der Waals surface area contributed by atoms with Gasteiger partial charge in [-0.1, -0.05) is 6.92 Å². The number of hydrogen-bond acceptors (Lipinski definition) is 2. The first kappa shape index (κ1) is 7.02. The molecule has 0 aromatic heterocycles. The monoisotopic (exact) mass is 117 g/mol. The molecule has 0 bridgehead atoms. The van der Waals surface area contributed by atoms with Crippen LogP contribution >= 0.6 is 11.8 Å². The van der Waals surface area contributed by atoms with Crippen LogP contribution in [0, 0.1) is 0 Å². The first-order valence-corrected chi connectivity index (χ1v) is 3.48. The predicted molar refractivity (Wildman–Crippen MR) is 33.3 cm³/mol. The van der Waals surface area contributed by atoms with E-state index in [0.717, 1.165) is 0 Å². The van der Waals surface area contributed by atoms with Crippen molar-refractivity contribution in [2.45, 2.75) is 18.6 Å². The Bertz CT molecular complexity index is 54.0. The van der Waals surface area contributed by atoms with Crippen LogP contribution in [0.2, 0.25) is 0 Å². The van der Waals surface area contributed by atoms with E-state index in [2.05, 4.69) is 0 Å². The third-order valence-corrected chi connectivity index (χ3v) is 1.74. The first-order chi connectivity index (χ1) is 3.31. The Balaban J connectivity index is 2.98. The maximum atomic E-state index is 9.64. The van der Waals surface area contributed by atoms with Crippen molar-refractivity contribution in [3.8, 4) is 0 Å². The van der Waals surface area contributed by atoms with E-state index in [0.29, 0.717) is 11.7 Å².